The smallest absolute Gasteiger partial charge is 0.223 e. The summed E-state index contributed by atoms with van der Waals surface area (Å²) >= 11 is 0. The Hall–Kier alpha value is -3.08. The predicted molar refractivity (Wildman–Crippen MR) is 116 cm³/mol. The third-order valence-corrected chi connectivity index (χ3v) is 5.72. The SMILES string of the molecule is CC(NC(=O)C1CC1)c1ccc2nc(Oc3ccc(OCC4CC4)cc3)ccc2c1. The predicted octanol–water partition coefficient (Wildman–Crippen LogP) is 5.40. The zero-order valence-corrected chi connectivity index (χ0v) is 17.1. The highest BCUT2D eigenvalue weighted by atomic mass is 16.5. The van der Waals surface area contributed by atoms with Gasteiger partial charge in [-0.25, -0.2) is 4.98 Å². The van der Waals surface area contributed by atoms with Gasteiger partial charge in [0.05, 0.1) is 18.2 Å². The van der Waals surface area contributed by atoms with E-state index in [1.165, 1.54) is 12.8 Å². The molecule has 0 saturated heterocycles. The Labute approximate surface area is 176 Å². The van der Waals surface area contributed by atoms with E-state index in [0.717, 1.165) is 53.3 Å². The molecule has 0 spiro atoms. The minimum absolute atomic E-state index is 0.0147. The van der Waals surface area contributed by atoms with Crippen LogP contribution in [0.5, 0.6) is 17.4 Å². The molecule has 1 amide bonds. The van der Waals surface area contributed by atoms with Gasteiger partial charge in [-0.1, -0.05) is 6.07 Å². The fraction of sp³-hybridized carbons (Fsp3) is 0.360. The molecule has 0 radical (unpaired) electrons. The molecule has 2 fully saturated rings. The van der Waals surface area contributed by atoms with Crippen LogP contribution in [0.25, 0.3) is 10.9 Å². The van der Waals surface area contributed by atoms with Gasteiger partial charge in [0.1, 0.15) is 11.5 Å². The third-order valence-electron chi connectivity index (χ3n) is 5.72. The van der Waals surface area contributed by atoms with Crippen LogP contribution >= 0.6 is 0 Å². The van der Waals surface area contributed by atoms with Crippen molar-refractivity contribution in [2.75, 3.05) is 6.61 Å². The molecule has 1 aromatic heterocycles. The Bertz CT molecular complexity index is 1060. The van der Waals surface area contributed by atoms with Crippen molar-refractivity contribution in [2.45, 2.75) is 38.6 Å². The third kappa shape index (κ3) is 4.56. The van der Waals surface area contributed by atoms with Gasteiger partial charge in [-0.3, -0.25) is 4.79 Å². The van der Waals surface area contributed by atoms with Crippen molar-refractivity contribution in [3.8, 4) is 17.4 Å². The highest BCUT2D eigenvalue weighted by Gasteiger charge is 2.30. The van der Waals surface area contributed by atoms with Crippen molar-refractivity contribution in [1.29, 1.82) is 0 Å². The average Bonchev–Trinajstić information content (AvgIpc) is 3.66. The Morgan fingerprint density at radius 3 is 2.53 bits per heavy atom. The topological polar surface area (TPSA) is 60.5 Å². The minimum atomic E-state index is -0.0147. The van der Waals surface area contributed by atoms with Crippen molar-refractivity contribution in [1.82, 2.24) is 10.3 Å². The number of pyridine rings is 1. The molecule has 3 aromatic rings. The monoisotopic (exact) mass is 402 g/mol. The van der Waals surface area contributed by atoms with Gasteiger partial charge in [-0.05, 0) is 86.6 Å². The molecule has 0 aliphatic heterocycles. The van der Waals surface area contributed by atoms with Gasteiger partial charge in [-0.2, -0.15) is 0 Å². The first-order valence-corrected chi connectivity index (χ1v) is 10.8. The number of fused-ring (bicyclic) bond motifs is 1. The van der Waals surface area contributed by atoms with Crippen LogP contribution < -0.4 is 14.8 Å². The lowest BCUT2D eigenvalue weighted by Gasteiger charge is -2.15. The summed E-state index contributed by atoms with van der Waals surface area (Å²) < 4.78 is 11.7. The van der Waals surface area contributed by atoms with E-state index in [2.05, 4.69) is 16.4 Å². The van der Waals surface area contributed by atoms with Gasteiger partial charge in [0.2, 0.25) is 11.8 Å². The number of hydrogen-bond donors (Lipinski definition) is 1. The Balaban J connectivity index is 1.24. The fourth-order valence-corrected chi connectivity index (χ4v) is 3.43. The molecule has 5 rings (SSSR count). The van der Waals surface area contributed by atoms with Crippen molar-refractivity contribution >= 4 is 16.8 Å². The second-order valence-electron chi connectivity index (χ2n) is 8.43. The summed E-state index contributed by atoms with van der Waals surface area (Å²) in [7, 11) is 0. The lowest BCUT2D eigenvalue weighted by atomic mass is 10.1. The first kappa shape index (κ1) is 18.9. The maximum absolute atomic E-state index is 12.0. The van der Waals surface area contributed by atoms with Crippen LogP contribution in [-0.4, -0.2) is 17.5 Å². The summed E-state index contributed by atoms with van der Waals surface area (Å²) in [5.41, 5.74) is 1.94. The van der Waals surface area contributed by atoms with E-state index in [9.17, 15) is 4.79 Å². The average molecular weight is 402 g/mol. The zero-order chi connectivity index (χ0) is 20.5. The van der Waals surface area contributed by atoms with Crippen molar-refractivity contribution in [3.05, 3.63) is 60.2 Å². The largest absolute Gasteiger partial charge is 0.493 e. The number of aromatic nitrogens is 1. The van der Waals surface area contributed by atoms with Gasteiger partial charge >= 0.3 is 0 Å². The number of rotatable bonds is 8. The highest BCUT2D eigenvalue weighted by Crippen LogP contribution is 2.31. The summed E-state index contributed by atoms with van der Waals surface area (Å²) in [4.78, 5) is 16.6. The molecule has 2 aromatic carbocycles. The molecule has 30 heavy (non-hydrogen) atoms. The Kier molecular flexibility index (Phi) is 5.03. The van der Waals surface area contributed by atoms with E-state index in [0.29, 0.717) is 5.88 Å². The van der Waals surface area contributed by atoms with E-state index in [4.69, 9.17) is 9.47 Å². The highest BCUT2D eigenvalue weighted by molar-refractivity contribution is 5.82. The van der Waals surface area contributed by atoms with Gasteiger partial charge < -0.3 is 14.8 Å². The van der Waals surface area contributed by atoms with Gasteiger partial charge in [0.25, 0.3) is 0 Å². The molecule has 5 heteroatoms. The number of carbonyl (C=O) groups is 1. The number of amides is 1. The number of nitrogens with one attached hydrogen (secondary N) is 1. The number of carbonyl (C=O) groups excluding carboxylic acids is 1. The van der Waals surface area contributed by atoms with E-state index < -0.39 is 0 Å². The summed E-state index contributed by atoms with van der Waals surface area (Å²) in [6, 6.07) is 17.6. The maximum atomic E-state index is 12.0. The molecule has 1 N–H and O–H groups in total. The van der Waals surface area contributed by atoms with Crippen LogP contribution in [0.4, 0.5) is 0 Å². The maximum Gasteiger partial charge on any atom is 0.223 e. The normalized spacial score (nSPS) is 16.8. The summed E-state index contributed by atoms with van der Waals surface area (Å²) in [5.74, 6) is 3.27. The molecule has 2 saturated carbocycles. The van der Waals surface area contributed by atoms with Crippen LogP contribution in [0, 0.1) is 11.8 Å². The van der Waals surface area contributed by atoms with Crippen molar-refractivity contribution in [2.24, 2.45) is 11.8 Å². The van der Waals surface area contributed by atoms with Crippen LogP contribution in [0.3, 0.4) is 0 Å². The molecular formula is C25H26N2O3. The van der Waals surface area contributed by atoms with E-state index >= 15 is 0 Å². The van der Waals surface area contributed by atoms with Crippen molar-refractivity contribution < 1.29 is 14.3 Å². The van der Waals surface area contributed by atoms with E-state index in [-0.39, 0.29) is 17.9 Å². The van der Waals surface area contributed by atoms with Crippen LogP contribution in [0.2, 0.25) is 0 Å². The summed E-state index contributed by atoms with van der Waals surface area (Å²) in [6.45, 7) is 2.82. The molecule has 1 unspecified atom stereocenters. The van der Waals surface area contributed by atoms with Gasteiger partial charge in [0, 0.05) is 17.4 Å². The van der Waals surface area contributed by atoms with Gasteiger partial charge in [-0.15, -0.1) is 0 Å². The van der Waals surface area contributed by atoms with Crippen LogP contribution in [0.15, 0.2) is 54.6 Å². The van der Waals surface area contributed by atoms with Crippen LogP contribution in [-0.2, 0) is 4.79 Å². The second-order valence-corrected chi connectivity index (χ2v) is 8.43. The summed E-state index contributed by atoms with van der Waals surface area (Å²) in [5, 5.41) is 4.12. The molecule has 2 aliphatic carbocycles. The molecule has 1 heterocycles. The summed E-state index contributed by atoms with van der Waals surface area (Å²) in [6.07, 6.45) is 4.59. The van der Waals surface area contributed by atoms with Crippen molar-refractivity contribution in [3.63, 3.8) is 0 Å². The van der Waals surface area contributed by atoms with E-state index in [1.54, 1.807) is 0 Å². The van der Waals surface area contributed by atoms with Crippen LogP contribution in [0.1, 0.15) is 44.2 Å². The quantitative estimate of drug-likeness (QED) is 0.548. The minimum Gasteiger partial charge on any atom is -0.493 e. The first-order valence-electron chi connectivity index (χ1n) is 10.8. The number of ether oxygens (including phenoxy) is 2. The lowest BCUT2D eigenvalue weighted by molar-refractivity contribution is -0.122. The Morgan fingerprint density at radius 2 is 1.80 bits per heavy atom. The molecule has 5 nitrogen and oxygen atoms in total. The first-order chi connectivity index (χ1) is 14.6. The van der Waals surface area contributed by atoms with Gasteiger partial charge in [0.15, 0.2) is 0 Å². The fourth-order valence-electron chi connectivity index (χ4n) is 3.43. The molecule has 0 bridgehead atoms. The molecule has 2 aliphatic rings. The molecule has 1 atom stereocenters. The Morgan fingerprint density at radius 1 is 1.03 bits per heavy atom. The number of benzene rings is 2. The molecule has 154 valence electrons. The standard InChI is InChI=1S/C25H26N2O3/c1-16(26-25(28)18-4-5-18)19-6-12-23-20(14-19)7-13-24(27-23)30-22-10-8-21(9-11-22)29-15-17-2-3-17/h6-14,16-18H,2-5,15H2,1H3,(H,26,28). The lowest BCUT2D eigenvalue weighted by Crippen LogP contribution is -2.27. The number of hydrogen-bond acceptors (Lipinski definition) is 4. The molecular weight excluding hydrogens is 376 g/mol. The zero-order valence-electron chi connectivity index (χ0n) is 17.1. The van der Waals surface area contributed by atoms with E-state index in [1.807, 2.05) is 55.5 Å². The number of nitrogens with zero attached hydrogens (tertiary/aromatic N) is 1. The second kappa shape index (κ2) is 7.98.